The Hall–Kier alpha value is -1.67. The van der Waals surface area contributed by atoms with Crippen LogP contribution in [-0.2, 0) is 11.3 Å². The van der Waals surface area contributed by atoms with Crippen LogP contribution in [-0.4, -0.2) is 46.2 Å². The fourth-order valence-electron chi connectivity index (χ4n) is 1.80. The molecular weight excluding hydrogens is 252 g/mol. The highest BCUT2D eigenvalue weighted by Crippen LogP contribution is 2.28. The van der Waals surface area contributed by atoms with E-state index in [0.717, 1.165) is 6.42 Å². The third-order valence-electron chi connectivity index (χ3n) is 2.58. The molecule has 1 aromatic heterocycles. The topological polar surface area (TPSA) is 102 Å². The minimum absolute atomic E-state index is 0.0435. The summed E-state index contributed by atoms with van der Waals surface area (Å²) in [6, 6.07) is 0. The summed E-state index contributed by atoms with van der Waals surface area (Å²) in [6.45, 7) is 4.48. The van der Waals surface area contributed by atoms with E-state index in [0.29, 0.717) is 18.1 Å². The minimum Gasteiger partial charge on any atom is -0.389 e. The van der Waals surface area contributed by atoms with Gasteiger partial charge in [-0.1, -0.05) is 6.92 Å². The fourth-order valence-corrected chi connectivity index (χ4v) is 1.80. The molecular formula is C11H20N4O4. The second-order valence-corrected chi connectivity index (χ2v) is 4.25. The number of aromatic nitrogens is 2. The molecule has 0 amide bonds. The summed E-state index contributed by atoms with van der Waals surface area (Å²) in [5.74, 6) is 0.333. The van der Waals surface area contributed by atoms with Crippen molar-refractivity contribution in [2.75, 3.05) is 25.6 Å². The summed E-state index contributed by atoms with van der Waals surface area (Å²) in [4.78, 5) is 10.6. The minimum atomic E-state index is -0.727. The molecule has 0 aromatic carbocycles. The van der Waals surface area contributed by atoms with E-state index < -0.39 is 11.0 Å². The van der Waals surface area contributed by atoms with E-state index in [1.165, 1.54) is 7.11 Å². The first-order valence-electron chi connectivity index (χ1n) is 6.13. The smallest absolute Gasteiger partial charge is 0.333 e. The number of rotatable bonds is 8. The predicted octanol–water partition coefficient (Wildman–Crippen LogP) is 0.929. The first-order chi connectivity index (χ1) is 9.01. The van der Waals surface area contributed by atoms with E-state index in [-0.39, 0.29) is 18.8 Å². The van der Waals surface area contributed by atoms with Gasteiger partial charge in [0.15, 0.2) is 0 Å². The molecule has 0 aliphatic rings. The Morgan fingerprint density at radius 3 is 2.84 bits per heavy atom. The molecule has 0 bridgehead atoms. The van der Waals surface area contributed by atoms with Gasteiger partial charge in [0.25, 0.3) is 0 Å². The van der Waals surface area contributed by atoms with Crippen molar-refractivity contribution < 1.29 is 14.8 Å². The van der Waals surface area contributed by atoms with Crippen LogP contribution in [0, 0.1) is 17.0 Å². The second kappa shape index (κ2) is 7.05. The zero-order chi connectivity index (χ0) is 14.4. The summed E-state index contributed by atoms with van der Waals surface area (Å²) in [5.41, 5.74) is 0.320. The maximum absolute atomic E-state index is 11.1. The summed E-state index contributed by atoms with van der Waals surface area (Å²) in [6.07, 6.45) is 0.0861. The molecule has 1 rings (SSSR count). The van der Waals surface area contributed by atoms with Crippen molar-refractivity contribution in [3.63, 3.8) is 0 Å². The van der Waals surface area contributed by atoms with E-state index in [4.69, 9.17) is 4.74 Å². The van der Waals surface area contributed by atoms with Gasteiger partial charge in [-0.05, 0) is 13.3 Å². The number of methoxy groups -OCH3 is 1. The van der Waals surface area contributed by atoms with Crippen molar-refractivity contribution in [3.8, 4) is 0 Å². The molecule has 2 N–H and O–H groups in total. The Balaban J connectivity index is 2.91. The lowest BCUT2D eigenvalue weighted by Gasteiger charge is -2.12. The molecule has 0 fully saturated rings. The number of aryl methyl sites for hydroxylation is 2. The lowest BCUT2D eigenvalue weighted by atomic mass is 10.3. The number of hydrogen-bond donors (Lipinski definition) is 2. The normalized spacial score (nSPS) is 12.4. The molecule has 1 unspecified atom stereocenters. The average molecular weight is 272 g/mol. The number of anilines is 1. The number of hydrogen-bond acceptors (Lipinski definition) is 6. The van der Waals surface area contributed by atoms with Crippen molar-refractivity contribution in [2.45, 2.75) is 32.9 Å². The number of nitrogens with zero attached hydrogens (tertiary/aromatic N) is 3. The summed E-state index contributed by atoms with van der Waals surface area (Å²) in [7, 11) is 1.48. The maximum Gasteiger partial charge on any atom is 0.333 e. The highest BCUT2D eigenvalue weighted by atomic mass is 16.6. The van der Waals surface area contributed by atoms with Crippen LogP contribution in [0.4, 0.5) is 11.5 Å². The van der Waals surface area contributed by atoms with Gasteiger partial charge in [-0.3, -0.25) is 10.1 Å². The van der Waals surface area contributed by atoms with Gasteiger partial charge in [0.05, 0.1) is 17.6 Å². The molecule has 1 heterocycles. The zero-order valence-electron chi connectivity index (χ0n) is 11.4. The van der Waals surface area contributed by atoms with Crippen LogP contribution >= 0.6 is 0 Å². The van der Waals surface area contributed by atoms with Gasteiger partial charge in [-0.2, -0.15) is 5.10 Å². The molecule has 8 nitrogen and oxygen atoms in total. The average Bonchev–Trinajstić information content (AvgIpc) is 2.63. The summed E-state index contributed by atoms with van der Waals surface area (Å²) < 4.78 is 6.37. The van der Waals surface area contributed by atoms with Crippen LogP contribution < -0.4 is 5.32 Å². The van der Waals surface area contributed by atoms with Crippen molar-refractivity contribution in [1.82, 2.24) is 9.78 Å². The highest BCUT2D eigenvalue weighted by molar-refractivity contribution is 5.59. The standard InChI is InChI=1S/C11H20N4O4/c1-4-5-14-11(12-6-9(16)7-19-3)10(15(17)18)8(2)13-14/h9,12,16H,4-7H2,1-3H3. The molecule has 0 radical (unpaired) electrons. The van der Waals surface area contributed by atoms with Gasteiger partial charge < -0.3 is 15.2 Å². The maximum atomic E-state index is 11.1. The van der Waals surface area contributed by atoms with Gasteiger partial charge in [-0.15, -0.1) is 0 Å². The molecule has 0 saturated heterocycles. The fraction of sp³-hybridized carbons (Fsp3) is 0.727. The number of nitro groups is 1. The monoisotopic (exact) mass is 272 g/mol. The zero-order valence-corrected chi connectivity index (χ0v) is 11.4. The van der Waals surface area contributed by atoms with E-state index in [2.05, 4.69) is 10.4 Å². The van der Waals surface area contributed by atoms with Gasteiger partial charge >= 0.3 is 5.69 Å². The molecule has 108 valence electrons. The van der Waals surface area contributed by atoms with Gasteiger partial charge in [0.2, 0.25) is 5.82 Å². The highest BCUT2D eigenvalue weighted by Gasteiger charge is 2.25. The molecule has 0 saturated carbocycles. The van der Waals surface area contributed by atoms with Crippen molar-refractivity contribution in [1.29, 1.82) is 0 Å². The summed E-state index contributed by atoms with van der Waals surface area (Å²) >= 11 is 0. The third kappa shape index (κ3) is 3.90. The van der Waals surface area contributed by atoms with E-state index in [9.17, 15) is 15.2 Å². The van der Waals surface area contributed by atoms with E-state index >= 15 is 0 Å². The number of aliphatic hydroxyl groups is 1. The lowest BCUT2D eigenvalue weighted by Crippen LogP contribution is -2.25. The predicted molar refractivity (Wildman–Crippen MR) is 70.3 cm³/mol. The van der Waals surface area contributed by atoms with Crippen molar-refractivity contribution in [2.24, 2.45) is 0 Å². The molecule has 19 heavy (non-hydrogen) atoms. The number of aliphatic hydroxyl groups excluding tert-OH is 1. The van der Waals surface area contributed by atoms with E-state index in [1.807, 2.05) is 6.92 Å². The first kappa shape index (κ1) is 15.4. The molecule has 8 heteroatoms. The number of nitrogens with one attached hydrogen (secondary N) is 1. The van der Waals surface area contributed by atoms with Crippen LogP contribution in [0.15, 0.2) is 0 Å². The van der Waals surface area contributed by atoms with Crippen LogP contribution in [0.1, 0.15) is 19.0 Å². The van der Waals surface area contributed by atoms with E-state index in [1.54, 1.807) is 11.6 Å². The Morgan fingerprint density at radius 1 is 1.63 bits per heavy atom. The first-order valence-corrected chi connectivity index (χ1v) is 6.13. The van der Waals surface area contributed by atoms with Crippen molar-refractivity contribution >= 4 is 11.5 Å². The molecule has 0 spiro atoms. The van der Waals surface area contributed by atoms with Crippen molar-refractivity contribution in [3.05, 3.63) is 15.8 Å². The Kier molecular flexibility index (Phi) is 5.71. The Morgan fingerprint density at radius 2 is 2.32 bits per heavy atom. The van der Waals surface area contributed by atoms with Gasteiger partial charge in [-0.25, -0.2) is 4.68 Å². The quantitative estimate of drug-likeness (QED) is 0.539. The van der Waals surface area contributed by atoms with Crippen LogP contribution in [0.3, 0.4) is 0 Å². The molecule has 0 aliphatic heterocycles. The Bertz CT molecular complexity index is 433. The lowest BCUT2D eigenvalue weighted by molar-refractivity contribution is -0.384. The van der Waals surface area contributed by atoms with Crippen LogP contribution in [0.5, 0.6) is 0 Å². The molecule has 1 atom stereocenters. The Labute approximate surface area is 111 Å². The van der Waals surface area contributed by atoms with Gasteiger partial charge in [0.1, 0.15) is 5.69 Å². The molecule has 1 aromatic rings. The largest absolute Gasteiger partial charge is 0.389 e. The SMILES string of the molecule is CCCn1nc(C)c([N+](=O)[O-])c1NCC(O)COC. The number of ether oxygens (including phenoxy) is 1. The summed E-state index contributed by atoms with van der Waals surface area (Å²) in [5, 5.41) is 27.7. The van der Waals surface area contributed by atoms with Crippen LogP contribution in [0.2, 0.25) is 0 Å². The third-order valence-corrected chi connectivity index (χ3v) is 2.58. The molecule has 0 aliphatic carbocycles. The second-order valence-electron chi connectivity index (χ2n) is 4.25. The van der Waals surface area contributed by atoms with Gasteiger partial charge in [0, 0.05) is 20.2 Å². The van der Waals surface area contributed by atoms with Crippen LogP contribution in [0.25, 0.3) is 0 Å².